The Labute approximate surface area is 164 Å². The van der Waals surface area contributed by atoms with Crippen molar-refractivity contribution in [3.63, 3.8) is 0 Å². The van der Waals surface area contributed by atoms with E-state index in [4.69, 9.17) is 9.47 Å². The van der Waals surface area contributed by atoms with E-state index in [1.54, 1.807) is 0 Å². The van der Waals surface area contributed by atoms with Crippen LogP contribution < -0.4 is 9.47 Å². The number of benzene rings is 3. The van der Waals surface area contributed by atoms with Crippen molar-refractivity contribution in [3.8, 4) is 22.6 Å². The first-order valence-corrected chi connectivity index (χ1v) is 9.75. The van der Waals surface area contributed by atoms with E-state index in [0.717, 1.165) is 35.5 Å². The van der Waals surface area contributed by atoms with Crippen LogP contribution in [0.1, 0.15) is 29.5 Å². The van der Waals surface area contributed by atoms with Gasteiger partial charge in [-0.05, 0) is 59.7 Å². The molecule has 2 aliphatic rings. The summed E-state index contributed by atoms with van der Waals surface area (Å²) in [5.74, 6) is 1.80. The van der Waals surface area contributed by atoms with Crippen molar-refractivity contribution >= 4 is 5.78 Å². The first-order chi connectivity index (χ1) is 13.7. The summed E-state index contributed by atoms with van der Waals surface area (Å²) in [6.45, 7) is 2.37. The molecule has 0 radical (unpaired) electrons. The van der Waals surface area contributed by atoms with E-state index in [2.05, 4.69) is 37.3 Å². The van der Waals surface area contributed by atoms with Crippen LogP contribution in [0, 0.1) is 6.92 Å². The third-order valence-electron chi connectivity index (χ3n) is 6.09. The Morgan fingerprint density at radius 1 is 0.929 bits per heavy atom. The third kappa shape index (κ3) is 2.78. The van der Waals surface area contributed by atoms with E-state index in [1.165, 1.54) is 16.7 Å². The molecule has 1 aliphatic carbocycles. The Kier molecular flexibility index (Phi) is 3.97. The maximum atomic E-state index is 13.3. The minimum absolute atomic E-state index is 0.255. The van der Waals surface area contributed by atoms with Gasteiger partial charge in [0.25, 0.3) is 0 Å². The van der Waals surface area contributed by atoms with Gasteiger partial charge in [-0.1, -0.05) is 54.6 Å². The number of fused-ring (bicyclic) bond motifs is 1. The SMILES string of the molecule is Cc1c(CC(=O)C2(c3ccc4c(c3)OCO4)CC2)cccc1-c1ccccc1. The lowest BCUT2D eigenvalue weighted by Crippen LogP contribution is -2.23. The molecule has 0 atom stereocenters. The fraction of sp³-hybridized carbons (Fsp3) is 0.240. The number of carbonyl (C=O) groups excluding carboxylic acids is 1. The standard InChI is InChI=1S/C25H22O3/c1-17-19(8-5-9-21(17)18-6-3-2-4-7-18)14-24(26)25(12-13-25)20-10-11-22-23(15-20)28-16-27-22/h2-11,15H,12-14,16H2,1H3. The van der Waals surface area contributed by atoms with Gasteiger partial charge >= 0.3 is 0 Å². The molecule has 0 saturated heterocycles. The molecule has 0 aromatic heterocycles. The van der Waals surface area contributed by atoms with Gasteiger partial charge in [-0.15, -0.1) is 0 Å². The summed E-state index contributed by atoms with van der Waals surface area (Å²) < 4.78 is 10.9. The zero-order valence-corrected chi connectivity index (χ0v) is 15.9. The molecule has 3 heteroatoms. The van der Waals surface area contributed by atoms with Gasteiger partial charge < -0.3 is 9.47 Å². The van der Waals surface area contributed by atoms with Crippen molar-refractivity contribution in [2.75, 3.05) is 6.79 Å². The predicted octanol–water partition coefficient (Wildman–Crippen LogP) is 5.23. The zero-order valence-electron chi connectivity index (χ0n) is 15.9. The molecule has 0 N–H and O–H groups in total. The summed E-state index contributed by atoms with van der Waals surface area (Å²) in [6, 6.07) is 22.5. The van der Waals surface area contributed by atoms with Gasteiger partial charge in [0.15, 0.2) is 11.5 Å². The molecule has 1 saturated carbocycles. The second-order valence-electron chi connectivity index (χ2n) is 7.71. The largest absolute Gasteiger partial charge is 0.454 e. The molecule has 3 aromatic rings. The molecule has 3 nitrogen and oxygen atoms in total. The normalized spacial score (nSPS) is 16.0. The van der Waals surface area contributed by atoms with E-state index in [1.807, 2.05) is 36.4 Å². The molecule has 0 amide bonds. The number of hydrogen-bond acceptors (Lipinski definition) is 3. The number of carbonyl (C=O) groups is 1. The Morgan fingerprint density at radius 2 is 1.71 bits per heavy atom. The second-order valence-corrected chi connectivity index (χ2v) is 7.71. The Hall–Kier alpha value is -3.07. The Balaban J connectivity index is 1.43. The molecule has 1 aliphatic heterocycles. The maximum Gasteiger partial charge on any atom is 0.231 e. The smallest absolute Gasteiger partial charge is 0.231 e. The van der Waals surface area contributed by atoms with Crippen molar-refractivity contribution in [2.24, 2.45) is 0 Å². The summed E-state index contributed by atoms with van der Waals surface area (Å²) in [7, 11) is 0. The van der Waals surface area contributed by atoms with Gasteiger partial charge in [-0.25, -0.2) is 0 Å². The average molecular weight is 370 g/mol. The molecular weight excluding hydrogens is 348 g/mol. The lowest BCUT2D eigenvalue weighted by molar-refractivity contribution is -0.120. The minimum Gasteiger partial charge on any atom is -0.454 e. The highest BCUT2D eigenvalue weighted by molar-refractivity contribution is 5.95. The van der Waals surface area contributed by atoms with E-state index >= 15 is 0 Å². The Morgan fingerprint density at radius 3 is 2.50 bits per heavy atom. The van der Waals surface area contributed by atoms with Crippen molar-refractivity contribution < 1.29 is 14.3 Å². The van der Waals surface area contributed by atoms with Gasteiger partial charge in [0.1, 0.15) is 5.78 Å². The molecule has 5 rings (SSSR count). The number of hydrogen-bond donors (Lipinski definition) is 0. The molecule has 140 valence electrons. The van der Waals surface area contributed by atoms with Gasteiger partial charge in [0.2, 0.25) is 6.79 Å². The fourth-order valence-corrected chi connectivity index (χ4v) is 4.20. The zero-order chi connectivity index (χ0) is 19.1. The summed E-state index contributed by atoms with van der Waals surface area (Å²) in [5, 5.41) is 0. The van der Waals surface area contributed by atoms with Crippen molar-refractivity contribution in [2.45, 2.75) is 31.6 Å². The molecule has 0 spiro atoms. The summed E-state index contributed by atoms with van der Waals surface area (Å²) in [4.78, 5) is 13.3. The van der Waals surface area contributed by atoms with Crippen LogP contribution in [0.3, 0.4) is 0 Å². The topological polar surface area (TPSA) is 35.5 Å². The van der Waals surface area contributed by atoms with Crippen LogP contribution in [0.25, 0.3) is 11.1 Å². The van der Waals surface area contributed by atoms with E-state index in [9.17, 15) is 4.79 Å². The highest BCUT2D eigenvalue weighted by atomic mass is 16.7. The monoisotopic (exact) mass is 370 g/mol. The molecule has 3 aromatic carbocycles. The van der Waals surface area contributed by atoms with Gasteiger partial charge in [-0.3, -0.25) is 4.79 Å². The van der Waals surface area contributed by atoms with Crippen molar-refractivity contribution in [1.82, 2.24) is 0 Å². The van der Waals surface area contributed by atoms with Crippen LogP contribution in [0.4, 0.5) is 0 Å². The predicted molar refractivity (Wildman–Crippen MR) is 109 cm³/mol. The average Bonchev–Trinajstić information content (AvgIpc) is 3.41. The number of Topliss-reactive ketones (excluding diaryl/α,β-unsaturated/α-hetero) is 1. The number of ether oxygens (including phenoxy) is 2. The van der Waals surface area contributed by atoms with Crippen LogP contribution in [0.2, 0.25) is 0 Å². The number of rotatable bonds is 5. The van der Waals surface area contributed by atoms with Crippen LogP contribution in [0.5, 0.6) is 11.5 Å². The molecule has 0 bridgehead atoms. The van der Waals surface area contributed by atoms with Gasteiger partial charge in [0.05, 0.1) is 5.41 Å². The fourth-order valence-electron chi connectivity index (χ4n) is 4.20. The quantitative estimate of drug-likeness (QED) is 0.617. The summed E-state index contributed by atoms with van der Waals surface area (Å²) >= 11 is 0. The molecule has 28 heavy (non-hydrogen) atoms. The van der Waals surface area contributed by atoms with Crippen molar-refractivity contribution in [1.29, 1.82) is 0 Å². The Bertz CT molecular complexity index is 1050. The first-order valence-electron chi connectivity index (χ1n) is 9.75. The van der Waals surface area contributed by atoms with E-state index in [0.29, 0.717) is 12.2 Å². The highest BCUT2D eigenvalue weighted by Gasteiger charge is 2.50. The van der Waals surface area contributed by atoms with Crippen LogP contribution in [-0.2, 0) is 16.6 Å². The summed E-state index contributed by atoms with van der Waals surface area (Å²) in [5.41, 5.74) is 5.36. The van der Waals surface area contributed by atoms with Gasteiger partial charge in [-0.2, -0.15) is 0 Å². The minimum atomic E-state index is -0.365. The van der Waals surface area contributed by atoms with E-state index < -0.39 is 0 Å². The lowest BCUT2D eigenvalue weighted by atomic mass is 9.86. The second kappa shape index (κ2) is 6.52. The first kappa shape index (κ1) is 17.1. The van der Waals surface area contributed by atoms with Crippen molar-refractivity contribution in [3.05, 3.63) is 83.4 Å². The highest BCUT2D eigenvalue weighted by Crippen LogP contribution is 2.51. The van der Waals surface area contributed by atoms with E-state index in [-0.39, 0.29) is 12.2 Å². The van der Waals surface area contributed by atoms with Crippen LogP contribution in [-0.4, -0.2) is 12.6 Å². The number of ketones is 1. The maximum absolute atomic E-state index is 13.3. The molecular formula is C25H22O3. The third-order valence-corrected chi connectivity index (χ3v) is 6.09. The van der Waals surface area contributed by atoms with Crippen LogP contribution in [0.15, 0.2) is 66.7 Å². The lowest BCUT2D eigenvalue weighted by Gasteiger charge is -2.17. The van der Waals surface area contributed by atoms with Gasteiger partial charge in [0, 0.05) is 6.42 Å². The molecule has 1 fully saturated rings. The van der Waals surface area contributed by atoms with Crippen LogP contribution >= 0.6 is 0 Å². The molecule has 0 unspecified atom stereocenters. The summed E-state index contributed by atoms with van der Waals surface area (Å²) in [6.07, 6.45) is 2.27. The molecule has 1 heterocycles.